The molecular weight excluding hydrogens is 166 g/mol. The van der Waals surface area contributed by atoms with E-state index in [9.17, 15) is 0 Å². The molecule has 0 aliphatic rings. The van der Waals surface area contributed by atoms with E-state index in [0.717, 1.165) is 0 Å². The van der Waals surface area contributed by atoms with Crippen LogP contribution in [0.1, 0.15) is 5.82 Å². The molecule has 1 rings (SSSR count). The van der Waals surface area contributed by atoms with Gasteiger partial charge in [-0.05, 0) is 5.21 Å². The molecule has 0 saturated carbocycles. The molecule has 1 heterocycles. The summed E-state index contributed by atoms with van der Waals surface area (Å²) in [6.07, 6.45) is 0. The van der Waals surface area contributed by atoms with Crippen molar-refractivity contribution in [3.05, 3.63) is 5.82 Å². The molecule has 60 valence electrons. The standard InChI is InChI=1S/C4H7N5OS/c1-9(10-2)4(11)3-5-7-8-6-3/h1-2H3,(H,5,6,7,8). The van der Waals surface area contributed by atoms with E-state index >= 15 is 0 Å². The summed E-state index contributed by atoms with van der Waals surface area (Å²) in [5, 5.41) is 14.4. The van der Waals surface area contributed by atoms with E-state index in [-0.39, 0.29) is 0 Å². The van der Waals surface area contributed by atoms with Gasteiger partial charge in [0, 0.05) is 7.05 Å². The lowest BCUT2D eigenvalue weighted by Crippen LogP contribution is -2.25. The van der Waals surface area contributed by atoms with Gasteiger partial charge in [0.25, 0.3) is 0 Å². The Kier molecular flexibility index (Phi) is 2.44. The van der Waals surface area contributed by atoms with Gasteiger partial charge in [0.15, 0.2) is 4.99 Å². The van der Waals surface area contributed by atoms with E-state index in [1.54, 1.807) is 7.05 Å². The van der Waals surface area contributed by atoms with E-state index < -0.39 is 0 Å². The quantitative estimate of drug-likeness (QED) is 0.474. The zero-order chi connectivity index (χ0) is 8.27. The highest BCUT2D eigenvalue weighted by atomic mass is 32.1. The van der Waals surface area contributed by atoms with Crippen molar-refractivity contribution in [2.24, 2.45) is 0 Å². The number of hydrogen-bond donors (Lipinski definition) is 1. The van der Waals surface area contributed by atoms with Crippen LogP contribution < -0.4 is 0 Å². The first kappa shape index (κ1) is 8.02. The number of hydrogen-bond acceptors (Lipinski definition) is 5. The average Bonchev–Trinajstić information content (AvgIpc) is 2.53. The molecular formula is C4H7N5OS. The largest absolute Gasteiger partial charge is 0.276 e. The van der Waals surface area contributed by atoms with Gasteiger partial charge in [0.2, 0.25) is 5.82 Å². The van der Waals surface area contributed by atoms with E-state index in [1.165, 1.54) is 12.2 Å². The number of hydroxylamine groups is 2. The van der Waals surface area contributed by atoms with Crippen LogP contribution in [0.5, 0.6) is 0 Å². The highest BCUT2D eigenvalue weighted by Crippen LogP contribution is 1.94. The number of aromatic nitrogens is 4. The number of rotatable bonds is 2. The molecule has 0 fully saturated rings. The summed E-state index contributed by atoms with van der Waals surface area (Å²) in [7, 11) is 3.17. The predicted octanol–water partition coefficient (Wildman–Crippen LogP) is -0.632. The van der Waals surface area contributed by atoms with Gasteiger partial charge >= 0.3 is 0 Å². The summed E-state index contributed by atoms with van der Waals surface area (Å²) in [5.74, 6) is 0.351. The first-order valence-electron chi connectivity index (χ1n) is 2.81. The van der Waals surface area contributed by atoms with Crippen LogP contribution in [0.25, 0.3) is 0 Å². The lowest BCUT2D eigenvalue weighted by molar-refractivity contribution is -0.0389. The van der Waals surface area contributed by atoms with Gasteiger partial charge in [-0.15, -0.1) is 10.2 Å². The van der Waals surface area contributed by atoms with Gasteiger partial charge in [-0.25, -0.2) is 5.06 Å². The molecule has 0 amide bonds. The van der Waals surface area contributed by atoms with Crippen LogP contribution in [0, 0.1) is 0 Å². The molecule has 7 heteroatoms. The summed E-state index contributed by atoms with van der Waals surface area (Å²) in [5.41, 5.74) is 0. The zero-order valence-corrected chi connectivity index (χ0v) is 6.92. The third-order valence-electron chi connectivity index (χ3n) is 1.10. The number of nitrogens with zero attached hydrogens (tertiary/aromatic N) is 4. The average molecular weight is 173 g/mol. The molecule has 0 aliphatic heterocycles. The maximum atomic E-state index is 4.91. The molecule has 0 unspecified atom stereocenters. The Morgan fingerprint density at radius 2 is 2.45 bits per heavy atom. The fourth-order valence-corrected chi connectivity index (χ4v) is 0.637. The molecule has 0 radical (unpaired) electrons. The van der Waals surface area contributed by atoms with Crippen LogP contribution in [0.15, 0.2) is 0 Å². The first-order chi connectivity index (χ1) is 5.25. The number of aromatic amines is 1. The van der Waals surface area contributed by atoms with Crippen molar-refractivity contribution in [3.8, 4) is 0 Å². The van der Waals surface area contributed by atoms with Gasteiger partial charge in [-0.2, -0.15) is 5.21 Å². The molecule has 0 bridgehead atoms. The molecule has 0 atom stereocenters. The highest BCUT2D eigenvalue weighted by Gasteiger charge is 2.10. The Morgan fingerprint density at radius 1 is 1.73 bits per heavy atom. The van der Waals surface area contributed by atoms with Crippen molar-refractivity contribution in [1.29, 1.82) is 0 Å². The van der Waals surface area contributed by atoms with Crippen LogP contribution in [0.3, 0.4) is 0 Å². The van der Waals surface area contributed by atoms with Gasteiger partial charge in [-0.3, -0.25) is 4.84 Å². The molecule has 0 spiro atoms. The summed E-state index contributed by atoms with van der Waals surface area (Å²) in [6.45, 7) is 0. The van der Waals surface area contributed by atoms with Crippen LogP contribution in [0.2, 0.25) is 0 Å². The first-order valence-corrected chi connectivity index (χ1v) is 3.22. The number of tetrazole rings is 1. The van der Waals surface area contributed by atoms with Crippen molar-refractivity contribution in [2.75, 3.05) is 14.2 Å². The topological polar surface area (TPSA) is 66.9 Å². The Hall–Kier alpha value is -1.08. The van der Waals surface area contributed by atoms with Crippen molar-refractivity contribution >= 4 is 17.2 Å². The Labute approximate surface area is 68.5 Å². The minimum absolute atomic E-state index is 0.351. The maximum Gasteiger partial charge on any atom is 0.233 e. The fourth-order valence-electron chi connectivity index (χ4n) is 0.476. The summed E-state index contributed by atoms with van der Waals surface area (Å²) in [6, 6.07) is 0. The van der Waals surface area contributed by atoms with Crippen molar-refractivity contribution in [3.63, 3.8) is 0 Å². The Bertz CT molecular complexity index is 235. The second-order valence-corrected chi connectivity index (χ2v) is 2.11. The zero-order valence-electron chi connectivity index (χ0n) is 6.11. The van der Waals surface area contributed by atoms with Crippen molar-refractivity contribution in [2.45, 2.75) is 0 Å². The Balaban J connectivity index is 2.70. The summed E-state index contributed by atoms with van der Waals surface area (Å²) in [4.78, 5) is 5.20. The molecule has 1 aromatic rings. The number of H-pyrrole nitrogens is 1. The lowest BCUT2D eigenvalue weighted by atomic mass is 10.6. The molecule has 0 saturated heterocycles. The molecule has 1 aromatic heterocycles. The van der Waals surface area contributed by atoms with Gasteiger partial charge < -0.3 is 0 Å². The van der Waals surface area contributed by atoms with Crippen LogP contribution in [-0.4, -0.2) is 44.8 Å². The minimum atomic E-state index is 0.351. The van der Waals surface area contributed by atoms with E-state index in [0.29, 0.717) is 10.8 Å². The molecule has 0 aliphatic carbocycles. The number of nitrogens with one attached hydrogen (secondary N) is 1. The summed E-state index contributed by atoms with van der Waals surface area (Å²) >= 11 is 4.91. The smallest absolute Gasteiger partial charge is 0.233 e. The van der Waals surface area contributed by atoms with E-state index in [1.807, 2.05) is 0 Å². The van der Waals surface area contributed by atoms with E-state index in [4.69, 9.17) is 17.1 Å². The lowest BCUT2D eigenvalue weighted by Gasteiger charge is -2.12. The normalized spacial score (nSPS) is 9.64. The molecule has 0 aromatic carbocycles. The monoisotopic (exact) mass is 173 g/mol. The predicted molar refractivity (Wildman–Crippen MR) is 40.6 cm³/mol. The van der Waals surface area contributed by atoms with Gasteiger partial charge in [-0.1, -0.05) is 12.2 Å². The SMILES string of the molecule is CON(C)C(=S)c1nn[nH]n1. The summed E-state index contributed by atoms with van der Waals surface area (Å²) < 4.78 is 0. The number of thiocarbonyl (C=S) groups is 1. The second-order valence-electron chi connectivity index (χ2n) is 1.72. The van der Waals surface area contributed by atoms with Crippen LogP contribution in [0.4, 0.5) is 0 Å². The Morgan fingerprint density at radius 3 is 2.91 bits per heavy atom. The maximum absolute atomic E-state index is 4.91. The minimum Gasteiger partial charge on any atom is -0.276 e. The van der Waals surface area contributed by atoms with Crippen molar-refractivity contribution in [1.82, 2.24) is 25.7 Å². The molecule has 6 nitrogen and oxygen atoms in total. The van der Waals surface area contributed by atoms with Crippen molar-refractivity contribution < 1.29 is 4.84 Å². The van der Waals surface area contributed by atoms with Crippen LogP contribution >= 0.6 is 12.2 Å². The second kappa shape index (κ2) is 3.35. The third-order valence-corrected chi connectivity index (χ3v) is 1.54. The van der Waals surface area contributed by atoms with Crippen LogP contribution in [-0.2, 0) is 4.84 Å². The fraction of sp³-hybridized carbons (Fsp3) is 0.500. The third kappa shape index (κ3) is 1.69. The molecule has 1 N–H and O–H groups in total. The van der Waals surface area contributed by atoms with E-state index in [2.05, 4.69) is 20.6 Å². The highest BCUT2D eigenvalue weighted by molar-refractivity contribution is 7.80. The van der Waals surface area contributed by atoms with Gasteiger partial charge in [0.1, 0.15) is 0 Å². The molecule has 11 heavy (non-hydrogen) atoms. The van der Waals surface area contributed by atoms with Gasteiger partial charge in [0.05, 0.1) is 7.11 Å².